The standard InChI is InChI=1S/C17H28N4O/c1-12(2)21-10-6-7-13(11-21)15-9-8-14(17(22)18-3)16(19-15)20(4)5/h8-9,12-13H,6-7,10-11H2,1-5H3,(H,18,22)/t13-/m1/s1. The number of carbonyl (C=O) groups is 1. The first kappa shape index (κ1) is 16.7. The fourth-order valence-electron chi connectivity index (χ4n) is 3.06. The van der Waals surface area contributed by atoms with Gasteiger partial charge in [0, 0.05) is 45.3 Å². The van der Waals surface area contributed by atoms with Gasteiger partial charge in [0.05, 0.1) is 5.56 Å². The zero-order valence-electron chi connectivity index (χ0n) is 14.4. The minimum absolute atomic E-state index is 0.0878. The summed E-state index contributed by atoms with van der Waals surface area (Å²) in [5.74, 6) is 1.11. The van der Waals surface area contributed by atoms with Crippen molar-refractivity contribution in [3.05, 3.63) is 23.4 Å². The van der Waals surface area contributed by atoms with Gasteiger partial charge in [-0.25, -0.2) is 4.98 Å². The molecule has 1 saturated heterocycles. The van der Waals surface area contributed by atoms with Gasteiger partial charge < -0.3 is 15.1 Å². The lowest BCUT2D eigenvalue weighted by Gasteiger charge is -2.35. The molecule has 5 heteroatoms. The van der Waals surface area contributed by atoms with Crippen molar-refractivity contribution in [1.82, 2.24) is 15.2 Å². The van der Waals surface area contributed by atoms with E-state index in [-0.39, 0.29) is 5.91 Å². The summed E-state index contributed by atoms with van der Waals surface area (Å²) in [6, 6.07) is 4.50. The fourth-order valence-corrected chi connectivity index (χ4v) is 3.06. The van der Waals surface area contributed by atoms with E-state index >= 15 is 0 Å². The summed E-state index contributed by atoms with van der Waals surface area (Å²) in [6.07, 6.45) is 2.38. The van der Waals surface area contributed by atoms with Crippen molar-refractivity contribution in [2.45, 2.75) is 38.6 Å². The number of nitrogens with zero attached hydrogens (tertiary/aromatic N) is 3. The van der Waals surface area contributed by atoms with Crippen molar-refractivity contribution in [2.75, 3.05) is 39.1 Å². The molecule has 1 N–H and O–H groups in total. The van der Waals surface area contributed by atoms with E-state index in [2.05, 4.69) is 24.1 Å². The van der Waals surface area contributed by atoms with Gasteiger partial charge in [-0.05, 0) is 45.4 Å². The fraction of sp³-hybridized carbons (Fsp3) is 0.647. The maximum absolute atomic E-state index is 12.0. The third-order valence-electron chi connectivity index (χ3n) is 4.39. The van der Waals surface area contributed by atoms with Gasteiger partial charge >= 0.3 is 0 Å². The van der Waals surface area contributed by atoms with Crippen molar-refractivity contribution in [3.8, 4) is 0 Å². The van der Waals surface area contributed by atoms with E-state index in [0.29, 0.717) is 17.5 Å². The molecule has 1 amide bonds. The first-order chi connectivity index (χ1) is 10.4. The predicted molar refractivity (Wildman–Crippen MR) is 90.6 cm³/mol. The number of hydrogen-bond donors (Lipinski definition) is 1. The van der Waals surface area contributed by atoms with Crippen molar-refractivity contribution in [3.63, 3.8) is 0 Å². The van der Waals surface area contributed by atoms with E-state index in [9.17, 15) is 4.79 Å². The zero-order chi connectivity index (χ0) is 16.3. The van der Waals surface area contributed by atoms with Crippen LogP contribution in [0.1, 0.15) is 48.7 Å². The number of nitrogens with one attached hydrogen (secondary N) is 1. The highest BCUT2D eigenvalue weighted by atomic mass is 16.1. The van der Waals surface area contributed by atoms with Crippen molar-refractivity contribution < 1.29 is 4.79 Å². The maximum Gasteiger partial charge on any atom is 0.254 e. The van der Waals surface area contributed by atoms with Gasteiger partial charge in [-0.3, -0.25) is 4.79 Å². The van der Waals surface area contributed by atoms with Crippen LogP contribution in [0.5, 0.6) is 0 Å². The minimum atomic E-state index is -0.0878. The Kier molecular flexibility index (Phi) is 5.40. The molecule has 22 heavy (non-hydrogen) atoms. The number of amides is 1. The molecular weight excluding hydrogens is 276 g/mol. The summed E-state index contributed by atoms with van der Waals surface area (Å²) in [4.78, 5) is 21.2. The Bertz CT molecular complexity index is 527. The van der Waals surface area contributed by atoms with Crippen molar-refractivity contribution in [2.24, 2.45) is 0 Å². The summed E-state index contributed by atoms with van der Waals surface area (Å²) in [5, 5.41) is 2.68. The molecule has 0 spiro atoms. The average Bonchev–Trinajstić information content (AvgIpc) is 2.53. The van der Waals surface area contributed by atoms with Gasteiger partial charge in [0.2, 0.25) is 0 Å². The summed E-state index contributed by atoms with van der Waals surface area (Å²) >= 11 is 0. The van der Waals surface area contributed by atoms with Crippen LogP contribution in [-0.2, 0) is 0 Å². The number of pyridine rings is 1. The Labute approximate surface area is 133 Å². The molecular formula is C17H28N4O. The van der Waals surface area contributed by atoms with Crippen LogP contribution in [-0.4, -0.2) is 56.1 Å². The molecule has 1 aliphatic heterocycles. The number of aromatic nitrogens is 1. The Morgan fingerprint density at radius 2 is 2.14 bits per heavy atom. The maximum atomic E-state index is 12.0. The molecule has 1 aromatic heterocycles. The molecule has 0 aliphatic carbocycles. The summed E-state index contributed by atoms with van der Waals surface area (Å²) in [5.41, 5.74) is 1.73. The van der Waals surface area contributed by atoms with Gasteiger partial charge in [-0.2, -0.15) is 0 Å². The number of carbonyl (C=O) groups excluding carboxylic acids is 1. The Hall–Kier alpha value is -1.62. The first-order valence-corrected chi connectivity index (χ1v) is 8.08. The molecule has 1 aliphatic rings. The predicted octanol–water partition coefficient (Wildman–Crippen LogP) is 2.09. The highest BCUT2D eigenvalue weighted by molar-refractivity contribution is 5.98. The van der Waals surface area contributed by atoms with Gasteiger partial charge in [-0.1, -0.05) is 0 Å². The lowest BCUT2D eigenvalue weighted by atomic mass is 9.93. The highest BCUT2D eigenvalue weighted by Crippen LogP contribution is 2.29. The second-order valence-electron chi connectivity index (χ2n) is 6.51. The molecule has 2 rings (SSSR count). The third kappa shape index (κ3) is 3.58. The molecule has 5 nitrogen and oxygen atoms in total. The number of anilines is 1. The van der Waals surface area contributed by atoms with Crippen LogP contribution in [0.15, 0.2) is 12.1 Å². The van der Waals surface area contributed by atoms with Crippen LogP contribution in [0, 0.1) is 0 Å². The Balaban J connectivity index is 2.28. The molecule has 1 atom stereocenters. The zero-order valence-corrected chi connectivity index (χ0v) is 14.4. The van der Waals surface area contributed by atoms with Gasteiger partial charge in [-0.15, -0.1) is 0 Å². The largest absolute Gasteiger partial charge is 0.362 e. The van der Waals surface area contributed by atoms with E-state index in [0.717, 1.165) is 18.1 Å². The molecule has 0 unspecified atom stereocenters. The first-order valence-electron chi connectivity index (χ1n) is 8.08. The van der Waals surface area contributed by atoms with Crippen LogP contribution in [0.2, 0.25) is 0 Å². The lowest BCUT2D eigenvalue weighted by Crippen LogP contribution is -2.39. The second kappa shape index (κ2) is 7.09. The van der Waals surface area contributed by atoms with Gasteiger partial charge in [0.15, 0.2) is 0 Å². The van der Waals surface area contributed by atoms with Crippen molar-refractivity contribution in [1.29, 1.82) is 0 Å². The number of piperidine rings is 1. The van der Waals surface area contributed by atoms with Gasteiger partial charge in [0.25, 0.3) is 5.91 Å². The molecule has 0 saturated carbocycles. The van der Waals surface area contributed by atoms with Crippen LogP contribution in [0.25, 0.3) is 0 Å². The number of hydrogen-bond acceptors (Lipinski definition) is 4. The van der Waals surface area contributed by atoms with E-state index in [1.54, 1.807) is 7.05 Å². The molecule has 122 valence electrons. The monoisotopic (exact) mass is 304 g/mol. The quantitative estimate of drug-likeness (QED) is 0.925. The SMILES string of the molecule is CNC(=O)c1ccc([C@@H]2CCCN(C(C)C)C2)nc1N(C)C. The minimum Gasteiger partial charge on any atom is -0.362 e. The van der Waals surface area contributed by atoms with E-state index in [1.807, 2.05) is 31.1 Å². The Morgan fingerprint density at radius 3 is 2.73 bits per heavy atom. The number of rotatable bonds is 4. The molecule has 0 radical (unpaired) electrons. The molecule has 0 aromatic carbocycles. The normalized spacial score (nSPS) is 19.3. The number of likely N-dealkylation sites (tertiary alicyclic amines) is 1. The molecule has 1 fully saturated rings. The van der Waals surface area contributed by atoms with E-state index in [4.69, 9.17) is 4.98 Å². The lowest BCUT2D eigenvalue weighted by molar-refractivity contribution is 0.0963. The van der Waals surface area contributed by atoms with Crippen molar-refractivity contribution >= 4 is 11.7 Å². The Morgan fingerprint density at radius 1 is 1.41 bits per heavy atom. The smallest absolute Gasteiger partial charge is 0.254 e. The molecule has 0 bridgehead atoms. The van der Waals surface area contributed by atoms with Crippen LogP contribution < -0.4 is 10.2 Å². The van der Waals surface area contributed by atoms with E-state index in [1.165, 1.54) is 19.4 Å². The molecule has 1 aromatic rings. The summed E-state index contributed by atoms with van der Waals surface area (Å²) in [6.45, 7) is 6.72. The van der Waals surface area contributed by atoms with Crippen LogP contribution in [0.4, 0.5) is 5.82 Å². The second-order valence-corrected chi connectivity index (χ2v) is 6.51. The van der Waals surface area contributed by atoms with Gasteiger partial charge in [0.1, 0.15) is 5.82 Å². The topological polar surface area (TPSA) is 48.5 Å². The summed E-state index contributed by atoms with van der Waals surface area (Å²) in [7, 11) is 5.51. The molecule has 2 heterocycles. The van der Waals surface area contributed by atoms with E-state index < -0.39 is 0 Å². The third-order valence-corrected chi connectivity index (χ3v) is 4.39. The average molecular weight is 304 g/mol. The summed E-state index contributed by atoms with van der Waals surface area (Å²) < 4.78 is 0. The highest BCUT2D eigenvalue weighted by Gasteiger charge is 2.25. The van der Waals surface area contributed by atoms with Crippen LogP contribution >= 0.6 is 0 Å². The van der Waals surface area contributed by atoms with Crippen LogP contribution in [0.3, 0.4) is 0 Å².